The predicted molar refractivity (Wildman–Crippen MR) is 140 cm³/mol. The van der Waals surface area contributed by atoms with Crippen LogP contribution in [0, 0.1) is 0 Å². The molecule has 0 atom stereocenters. The first-order valence-electron chi connectivity index (χ1n) is 11.9. The van der Waals surface area contributed by atoms with E-state index in [0.29, 0.717) is 6.54 Å². The zero-order valence-corrected chi connectivity index (χ0v) is 22.0. The maximum absolute atomic E-state index is 11.3. The van der Waals surface area contributed by atoms with Gasteiger partial charge in [-0.3, -0.25) is 4.55 Å². The molecule has 2 aromatic rings. The van der Waals surface area contributed by atoms with Crippen LogP contribution in [0.5, 0.6) is 0 Å². The molecule has 0 aromatic heterocycles. The Balaban J connectivity index is 1.62. The molecule has 0 saturated heterocycles. The van der Waals surface area contributed by atoms with Crippen molar-refractivity contribution in [2.24, 2.45) is 0 Å². The van der Waals surface area contributed by atoms with Crippen molar-refractivity contribution in [1.82, 2.24) is 0 Å². The Morgan fingerprint density at radius 3 is 2.47 bits per heavy atom. The first kappa shape index (κ1) is 26.6. The van der Waals surface area contributed by atoms with Crippen molar-refractivity contribution in [3.8, 4) is 0 Å². The fourth-order valence-electron chi connectivity index (χ4n) is 5.32. The lowest BCUT2D eigenvalue weighted by Crippen LogP contribution is -2.31. The van der Waals surface area contributed by atoms with E-state index in [1.165, 1.54) is 35.5 Å². The van der Waals surface area contributed by atoms with Crippen LogP contribution in [0.1, 0.15) is 44.6 Å². The van der Waals surface area contributed by atoms with E-state index in [0.717, 1.165) is 48.3 Å². The fourth-order valence-corrected chi connectivity index (χ4v) is 6.20. The molecule has 4 rings (SSSR count). The summed E-state index contributed by atoms with van der Waals surface area (Å²) in [6.07, 6.45) is 13.9. The number of allylic oxidation sites excluding steroid dienone is 4. The number of nitrogens with zero attached hydrogens (tertiary/aromatic N) is 2. The van der Waals surface area contributed by atoms with E-state index in [1.54, 1.807) is 12.1 Å². The van der Waals surface area contributed by atoms with E-state index in [1.807, 2.05) is 35.9 Å². The third kappa shape index (κ3) is 5.44. The Bertz CT molecular complexity index is 1280. The number of rotatable bonds is 8. The second-order valence-corrected chi connectivity index (χ2v) is 11.1. The van der Waals surface area contributed by atoms with Crippen LogP contribution in [0.4, 0.5) is 11.4 Å². The highest BCUT2D eigenvalue weighted by Crippen LogP contribution is 2.55. The van der Waals surface area contributed by atoms with Gasteiger partial charge in [0, 0.05) is 47.0 Å². The third-order valence-electron chi connectivity index (χ3n) is 7.00. The highest BCUT2D eigenvalue weighted by Gasteiger charge is 2.46. The van der Waals surface area contributed by atoms with E-state index < -0.39 is 10.1 Å². The Kier molecular flexibility index (Phi) is 8.34. The van der Waals surface area contributed by atoms with Gasteiger partial charge in [0.25, 0.3) is 10.1 Å². The molecule has 1 fully saturated rings. The van der Waals surface area contributed by atoms with Crippen molar-refractivity contribution >= 4 is 39.8 Å². The number of hydrogen-bond acceptors (Lipinski definition) is 7. The van der Waals surface area contributed by atoms with Gasteiger partial charge in [0.05, 0.1) is 16.9 Å². The molecular weight excluding hydrogens is 500 g/mol. The summed E-state index contributed by atoms with van der Waals surface area (Å²) in [7, 11) is -2.11. The van der Waals surface area contributed by atoms with Crippen LogP contribution in [-0.2, 0) is 24.9 Å². The van der Waals surface area contributed by atoms with Gasteiger partial charge in [0.1, 0.15) is 6.54 Å². The van der Waals surface area contributed by atoms with Gasteiger partial charge in [0.15, 0.2) is 6.21 Å². The van der Waals surface area contributed by atoms with Crippen LogP contribution >= 0.6 is 12.0 Å². The van der Waals surface area contributed by atoms with E-state index >= 15 is 0 Å². The molecule has 0 unspecified atom stereocenters. The molecule has 2 aliphatic rings. The number of fused-ring (bicyclic) bond motifs is 2. The standard InChI is InChI=1S/C26H30N2O6S2/c1-3-28(20-10-13-22(14-11-20)36(30,31)32)18-8-5-9-25-26(16-6-4-7-17-26)23-19-21(35-34-33-29)12-15-24(23)27(25)2/h5,8-15,18-19H,3-4,6-7,16-17H2,1-2H3,(H-,29,30,31,32)/p+1. The van der Waals surface area contributed by atoms with Crippen LogP contribution in [0.3, 0.4) is 0 Å². The second-order valence-electron chi connectivity index (χ2n) is 8.95. The summed E-state index contributed by atoms with van der Waals surface area (Å²) >= 11 is 0.981. The Hall–Kier alpha value is -2.47. The summed E-state index contributed by atoms with van der Waals surface area (Å²) in [5.74, 6) is 0. The van der Waals surface area contributed by atoms with Gasteiger partial charge in [-0.05, 0) is 61.7 Å². The van der Waals surface area contributed by atoms with E-state index in [-0.39, 0.29) is 10.3 Å². The number of hydrogen-bond donors (Lipinski definition) is 2. The maximum atomic E-state index is 11.3. The smallest absolute Gasteiger partial charge is 0.294 e. The maximum Gasteiger partial charge on any atom is 0.294 e. The summed E-state index contributed by atoms with van der Waals surface area (Å²) in [6, 6.07) is 12.3. The Morgan fingerprint density at radius 1 is 1.11 bits per heavy atom. The molecule has 1 heterocycles. The average molecular weight is 532 g/mol. The van der Waals surface area contributed by atoms with Crippen LogP contribution in [0.25, 0.3) is 0 Å². The highest BCUT2D eigenvalue weighted by atomic mass is 32.2. The van der Waals surface area contributed by atoms with Crippen molar-refractivity contribution in [3.63, 3.8) is 0 Å². The monoisotopic (exact) mass is 531 g/mol. The van der Waals surface area contributed by atoms with E-state index in [9.17, 15) is 13.0 Å². The molecule has 1 aliphatic carbocycles. The minimum Gasteiger partial charge on any atom is -0.347 e. The molecule has 2 aromatic carbocycles. The Morgan fingerprint density at radius 2 is 1.83 bits per heavy atom. The zero-order chi connectivity index (χ0) is 25.8. The van der Waals surface area contributed by atoms with Gasteiger partial charge in [-0.25, -0.2) is 5.26 Å². The molecule has 0 radical (unpaired) electrons. The Labute approximate surface area is 216 Å². The van der Waals surface area contributed by atoms with Gasteiger partial charge in [-0.1, -0.05) is 30.4 Å². The van der Waals surface area contributed by atoms with Crippen molar-refractivity contribution in [1.29, 1.82) is 0 Å². The predicted octanol–water partition coefficient (Wildman–Crippen LogP) is 5.89. The van der Waals surface area contributed by atoms with Gasteiger partial charge in [-0.2, -0.15) is 13.0 Å². The summed E-state index contributed by atoms with van der Waals surface area (Å²) in [6.45, 7) is 2.71. The third-order valence-corrected chi connectivity index (χ3v) is 8.45. The van der Waals surface area contributed by atoms with Crippen molar-refractivity contribution in [2.75, 3.05) is 18.5 Å². The van der Waals surface area contributed by atoms with Crippen molar-refractivity contribution < 1.29 is 32.2 Å². The topological polar surface area (TPSA) is 99.3 Å². The first-order valence-corrected chi connectivity index (χ1v) is 14.1. The fraction of sp³-hybridized carbons (Fsp3) is 0.346. The number of benzene rings is 2. The first-order chi connectivity index (χ1) is 17.3. The minimum absolute atomic E-state index is 0.0701. The molecule has 0 bridgehead atoms. The summed E-state index contributed by atoms with van der Waals surface area (Å²) in [5.41, 5.74) is 4.46. The van der Waals surface area contributed by atoms with E-state index in [4.69, 9.17) is 5.26 Å². The van der Waals surface area contributed by atoms with Crippen molar-refractivity contribution in [3.05, 3.63) is 72.0 Å². The lowest BCUT2D eigenvalue weighted by Gasteiger charge is -2.36. The van der Waals surface area contributed by atoms with Gasteiger partial charge in [-0.15, -0.1) is 4.33 Å². The lowest BCUT2D eigenvalue weighted by atomic mass is 9.68. The molecule has 2 N–H and O–H groups in total. The quantitative estimate of drug-likeness (QED) is 0.109. The van der Waals surface area contributed by atoms with Crippen LogP contribution < -0.4 is 4.90 Å². The molecule has 10 heteroatoms. The van der Waals surface area contributed by atoms with Gasteiger partial charge in [0.2, 0.25) is 5.69 Å². The normalized spacial score (nSPS) is 18.9. The molecule has 1 aliphatic heterocycles. The van der Waals surface area contributed by atoms with Gasteiger partial charge < -0.3 is 4.90 Å². The molecular formula is C26H31N2O6S2+. The summed E-state index contributed by atoms with van der Waals surface area (Å²) in [5, 5.41) is 12.3. The van der Waals surface area contributed by atoms with Crippen LogP contribution in [-0.4, -0.2) is 42.6 Å². The number of anilines is 1. The minimum atomic E-state index is -4.21. The van der Waals surface area contributed by atoms with E-state index in [2.05, 4.69) is 39.5 Å². The summed E-state index contributed by atoms with van der Waals surface area (Å²) in [4.78, 5) is 3.00. The van der Waals surface area contributed by atoms with Crippen LogP contribution in [0.15, 0.2) is 76.2 Å². The average Bonchev–Trinajstić information content (AvgIpc) is 3.09. The second kappa shape index (κ2) is 11.3. The lowest BCUT2D eigenvalue weighted by molar-refractivity contribution is -0.432. The molecule has 8 nitrogen and oxygen atoms in total. The largest absolute Gasteiger partial charge is 0.347 e. The van der Waals surface area contributed by atoms with Crippen molar-refractivity contribution in [2.45, 2.75) is 54.2 Å². The van der Waals surface area contributed by atoms with Gasteiger partial charge >= 0.3 is 0 Å². The molecule has 1 saturated carbocycles. The molecule has 1 spiro atoms. The SMILES string of the molecule is CC[N+](=CC=CC=C1N(C)c2ccc(SOOO)cc2C12CCCCC2)c1ccc(S(=O)(=O)O)cc1. The zero-order valence-electron chi connectivity index (χ0n) is 20.3. The van der Waals surface area contributed by atoms with Crippen LogP contribution in [0.2, 0.25) is 0 Å². The molecule has 36 heavy (non-hydrogen) atoms. The highest BCUT2D eigenvalue weighted by molar-refractivity contribution is 7.94. The number of likely N-dealkylation sites (N-methyl/N-ethyl adjacent to an activating group) is 1. The molecule has 192 valence electrons. The summed E-state index contributed by atoms with van der Waals surface area (Å²) < 4.78 is 38.5. The molecule has 0 amide bonds.